The van der Waals surface area contributed by atoms with Gasteiger partial charge in [0.1, 0.15) is 5.60 Å². The highest BCUT2D eigenvalue weighted by Gasteiger charge is 2.44. The standard InChI is InChI=1S/C27H33ClN2O2/c1-5-6-8-19-17-20-9-7-14-29-24(20)27(23-11-10-21(28)18-22(19)23)12-15-30(16-13-27)25(31)32-26(2,3)4/h7,9-11,14,17-18H,5-6,8,12-13,15-16H2,1-4H3. The Morgan fingerprint density at radius 1 is 1.22 bits per heavy atom. The molecule has 4 nitrogen and oxygen atoms in total. The van der Waals surface area contributed by atoms with E-state index in [9.17, 15) is 4.79 Å². The number of halogens is 1. The number of fused-ring (bicyclic) bond motifs is 4. The first kappa shape index (κ1) is 22.8. The van der Waals surface area contributed by atoms with Crippen LogP contribution >= 0.6 is 11.6 Å². The summed E-state index contributed by atoms with van der Waals surface area (Å²) in [7, 11) is 0. The molecular weight excluding hydrogens is 420 g/mol. The summed E-state index contributed by atoms with van der Waals surface area (Å²) in [5.41, 5.74) is 5.38. The van der Waals surface area contributed by atoms with Crippen LogP contribution in [0.15, 0.2) is 36.5 Å². The molecule has 0 atom stereocenters. The van der Waals surface area contributed by atoms with Crippen molar-refractivity contribution >= 4 is 29.3 Å². The lowest BCUT2D eigenvalue weighted by atomic mass is 9.68. The van der Waals surface area contributed by atoms with Crippen molar-refractivity contribution in [2.24, 2.45) is 0 Å². The number of nitrogens with zero attached hydrogens (tertiary/aromatic N) is 2. The molecule has 0 radical (unpaired) electrons. The Hall–Kier alpha value is -2.33. The van der Waals surface area contributed by atoms with E-state index in [0.29, 0.717) is 13.1 Å². The molecule has 170 valence electrons. The van der Waals surface area contributed by atoms with E-state index in [1.165, 1.54) is 22.3 Å². The summed E-state index contributed by atoms with van der Waals surface area (Å²) in [5.74, 6) is 0. The van der Waals surface area contributed by atoms with Crippen LogP contribution in [0.1, 0.15) is 82.2 Å². The van der Waals surface area contributed by atoms with E-state index in [-0.39, 0.29) is 11.5 Å². The highest BCUT2D eigenvalue weighted by atomic mass is 35.5. The summed E-state index contributed by atoms with van der Waals surface area (Å²) in [4.78, 5) is 19.5. The number of aromatic nitrogens is 1. The van der Waals surface area contributed by atoms with E-state index < -0.39 is 5.60 Å². The molecule has 1 aromatic carbocycles. The van der Waals surface area contributed by atoms with Crippen LogP contribution in [-0.4, -0.2) is 34.7 Å². The number of hydrogen-bond acceptors (Lipinski definition) is 3. The van der Waals surface area contributed by atoms with Gasteiger partial charge in [-0.15, -0.1) is 0 Å². The smallest absolute Gasteiger partial charge is 0.410 e. The second-order valence-electron chi connectivity index (χ2n) is 9.95. The number of piperidine rings is 1. The molecule has 1 saturated heterocycles. The van der Waals surface area contributed by atoms with E-state index in [4.69, 9.17) is 21.3 Å². The Balaban J connectivity index is 1.77. The summed E-state index contributed by atoms with van der Waals surface area (Å²) in [6, 6.07) is 10.5. The lowest BCUT2D eigenvalue weighted by Gasteiger charge is -2.43. The van der Waals surface area contributed by atoms with Crippen LogP contribution in [0.3, 0.4) is 0 Å². The Bertz CT molecular complexity index is 1030. The zero-order valence-electron chi connectivity index (χ0n) is 19.6. The molecule has 5 heteroatoms. The number of hydrogen-bond donors (Lipinski definition) is 0. The Morgan fingerprint density at radius 2 is 1.97 bits per heavy atom. The third-order valence-electron chi connectivity index (χ3n) is 6.53. The molecule has 0 unspecified atom stereocenters. The number of allylic oxidation sites excluding steroid dienone is 1. The zero-order valence-corrected chi connectivity index (χ0v) is 20.3. The number of carbonyl (C=O) groups is 1. The molecule has 1 aliphatic carbocycles. The van der Waals surface area contributed by atoms with Crippen LogP contribution in [0, 0.1) is 0 Å². The minimum Gasteiger partial charge on any atom is -0.444 e. The first-order chi connectivity index (χ1) is 15.2. The molecule has 1 spiro atoms. The SMILES string of the molecule is CCCCC1=Cc2cccnc2C2(CCN(C(=O)OC(C)(C)C)CC2)c2ccc(Cl)cc21. The highest BCUT2D eigenvalue weighted by Crippen LogP contribution is 2.49. The van der Waals surface area contributed by atoms with Gasteiger partial charge in [0, 0.05) is 29.7 Å². The Labute approximate surface area is 196 Å². The van der Waals surface area contributed by atoms with Gasteiger partial charge in [-0.3, -0.25) is 4.98 Å². The third-order valence-corrected chi connectivity index (χ3v) is 6.77. The number of benzene rings is 1. The molecule has 0 saturated carbocycles. The summed E-state index contributed by atoms with van der Waals surface area (Å²) in [5, 5.41) is 0.756. The van der Waals surface area contributed by atoms with Gasteiger partial charge in [-0.1, -0.05) is 37.1 Å². The van der Waals surface area contributed by atoms with Gasteiger partial charge < -0.3 is 9.64 Å². The summed E-state index contributed by atoms with van der Waals surface area (Å²) >= 11 is 6.48. The number of pyridine rings is 1. The van der Waals surface area contributed by atoms with E-state index >= 15 is 0 Å². The Morgan fingerprint density at radius 3 is 2.66 bits per heavy atom. The molecule has 4 rings (SSSR count). The number of rotatable bonds is 3. The van der Waals surface area contributed by atoms with Crippen LogP contribution in [0.5, 0.6) is 0 Å². The third kappa shape index (κ3) is 4.43. The van der Waals surface area contributed by atoms with Gasteiger partial charge in [0.05, 0.1) is 5.69 Å². The monoisotopic (exact) mass is 452 g/mol. The van der Waals surface area contributed by atoms with Gasteiger partial charge in [0.15, 0.2) is 0 Å². The lowest BCUT2D eigenvalue weighted by Crippen LogP contribution is -2.48. The van der Waals surface area contributed by atoms with Crippen molar-refractivity contribution in [2.75, 3.05) is 13.1 Å². The maximum absolute atomic E-state index is 12.7. The summed E-state index contributed by atoms with van der Waals surface area (Å²) in [6.07, 6.45) is 8.86. The number of likely N-dealkylation sites (tertiary alicyclic amines) is 1. The quantitative estimate of drug-likeness (QED) is 0.498. The van der Waals surface area contributed by atoms with E-state index in [2.05, 4.69) is 31.2 Å². The van der Waals surface area contributed by atoms with Crippen molar-refractivity contribution in [1.29, 1.82) is 0 Å². The van der Waals surface area contributed by atoms with Crippen molar-refractivity contribution in [3.8, 4) is 0 Å². The van der Waals surface area contributed by atoms with Crippen molar-refractivity contribution in [3.05, 3.63) is 63.9 Å². The maximum Gasteiger partial charge on any atom is 0.410 e. The van der Waals surface area contributed by atoms with E-state index in [0.717, 1.165) is 42.8 Å². The number of unbranched alkanes of at least 4 members (excludes halogenated alkanes) is 1. The normalized spacial score (nSPS) is 17.3. The number of carbonyl (C=O) groups excluding carboxylic acids is 1. The number of ether oxygens (including phenoxy) is 1. The number of amides is 1. The first-order valence-corrected chi connectivity index (χ1v) is 12.1. The van der Waals surface area contributed by atoms with Gasteiger partial charge in [0.2, 0.25) is 0 Å². The molecule has 1 aliphatic heterocycles. The minimum absolute atomic E-state index is 0.236. The zero-order chi connectivity index (χ0) is 22.9. The molecule has 1 aromatic heterocycles. The molecule has 32 heavy (non-hydrogen) atoms. The minimum atomic E-state index is -0.496. The molecule has 2 heterocycles. The van der Waals surface area contributed by atoms with Gasteiger partial charge in [0.25, 0.3) is 0 Å². The van der Waals surface area contributed by atoms with Crippen LogP contribution in [0.25, 0.3) is 11.6 Å². The second-order valence-corrected chi connectivity index (χ2v) is 10.4. The predicted octanol–water partition coefficient (Wildman–Crippen LogP) is 7.10. The van der Waals surface area contributed by atoms with Crippen molar-refractivity contribution in [1.82, 2.24) is 9.88 Å². The van der Waals surface area contributed by atoms with Crippen molar-refractivity contribution < 1.29 is 9.53 Å². The fourth-order valence-electron chi connectivity index (χ4n) is 5.00. The molecule has 0 bridgehead atoms. The average Bonchev–Trinajstić information content (AvgIpc) is 2.85. The van der Waals surface area contributed by atoms with Gasteiger partial charge in [-0.2, -0.15) is 0 Å². The Kier molecular flexibility index (Phi) is 6.35. The topological polar surface area (TPSA) is 42.4 Å². The fraction of sp³-hybridized carbons (Fsp3) is 0.481. The van der Waals surface area contributed by atoms with Gasteiger partial charge in [-0.05, 0) is 93.0 Å². The fourth-order valence-corrected chi connectivity index (χ4v) is 5.18. The van der Waals surface area contributed by atoms with E-state index in [1.807, 2.05) is 44.0 Å². The second kappa shape index (κ2) is 8.90. The largest absolute Gasteiger partial charge is 0.444 e. The van der Waals surface area contributed by atoms with Crippen LogP contribution < -0.4 is 0 Å². The molecule has 1 amide bonds. The first-order valence-electron chi connectivity index (χ1n) is 11.7. The summed E-state index contributed by atoms with van der Waals surface area (Å²) < 4.78 is 5.64. The molecule has 0 N–H and O–H groups in total. The molecule has 1 fully saturated rings. The molecular formula is C27H33ClN2O2. The van der Waals surface area contributed by atoms with Crippen LogP contribution in [0.2, 0.25) is 5.02 Å². The highest BCUT2D eigenvalue weighted by molar-refractivity contribution is 6.30. The van der Waals surface area contributed by atoms with Gasteiger partial charge in [-0.25, -0.2) is 4.79 Å². The van der Waals surface area contributed by atoms with Crippen LogP contribution in [-0.2, 0) is 10.2 Å². The van der Waals surface area contributed by atoms with Crippen LogP contribution in [0.4, 0.5) is 4.79 Å². The molecule has 2 aliphatic rings. The van der Waals surface area contributed by atoms with E-state index in [1.54, 1.807) is 0 Å². The van der Waals surface area contributed by atoms with Crippen molar-refractivity contribution in [2.45, 2.75) is 70.8 Å². The van der Waals surface area contributed by atoms with Gasteiger partial charge >= 0.3 is 6.09 Å². The summed E-state index contributed by atoms with van der Waals surface area (Å²) in [6.45, 7) is 9.22. The van der Waals surface area contributed by atoms with Crippen molar-refractivity contribution in [3.63, 3.8) is 0 Å². The predicted molar refractivity (Wildman–Crippen MR) is 131 cm³/mol. The maximum atomic E-state index is 12.7. The average molecular weight is 453 g/mol. The lowest BCUT2D eigenvalue weighted by molar-refractivity contribution is 0.0178. The molecule has 2 aromatic rings.